The molecule has 1 saturated carbocycles. The number of nitrogens with one attached hydrogen (secondary N) is 2. The van der Waals surface area contributed by atoms with Crippen LogP contribution in [0.25, 0.3) is 0 Å². The largest absolute Gasteiger partial charge is 0.459 e. The molecule has 2 amide bonds. The Labute approximate surface area is 169 Å². The molecule has 0 saturated heterocycles. The van der Waals surface area contributed by atoms with Crippen molar-refractivity contribution < 1.29 is 23.5 Å². The topological polar surface area (TPSA) is 97.6 Å². The molecule has 0 atom stereocenters. The van der Waals surface area contributed by atoms with Crippen molar-refractivity contribution in [3.05, 3.63) is 54.0 Å². The quantitative estimate of drug-likeness (QED) is 0.719. The second-order valence-corrected chi connectivity index (χ2v) is 7.19. The van der Waals surface area contributed by atoms with Gasteiger partial charge in [0.05, 0.1) is 11.8 Å². The number of hydrogen-bond acceptors (Lipinski definition) is 5. The second kappa shape index (κ2) is 10.5. The van der Waals surface area contributed by atoms with Crippen molar-refractivity contribution in [3.63, 3.8) is 0 Å². The van der Waals surface area contributed by atoms with Gasteiger partial charge in [0, 0.05) is 11.7 Å². The van der Waals surface area contributed by atoms with Crippen LogP contribution in [0.15, 0.2) is 47.1 Å². The van der Waals surface area contributed by atoms with Crippen LogP contribution in [0.5, 0.6) is 0 Å². The highest BCUT2D eigenvalue weighted by atomic mass is 16.5. The van der Waals surface area contributed by atoms with Crippen molar-refractivity contribution in [1.82, 2.24) is 5.32 Å². The van der Waals surface area contributed by atoms with Gasteiger partial charge in [-0.15, -0.1) is 0 Å². The predicted molar refractivity (Wildman–Crippen MR) is 108 cm³/mol. The van der Waals surface area contributed by atoms with Crippen molar-refractivity contribution >= 4 is 23.5 Å². The maximum Gasteiger partial charge on any atom is 0.338 e. The van der Waals surface area contributed by atoms with Crippen LogP contribution < -0.4 is 10.6 Å². The summed E-state index contributed by atoms with van der Waals surface area (Å²) >= 11 is 0. The van der Waals surface area contributed by atoms with Crippen molar-refractivity contribution in [2.75, 3.05) is 11.9 Å². The van der Waals surface area contributed by atoms with Crippen LogP contribution >= 0.6 is 0 Å². The third-order valence-corrected chi connectivity index (χ3v) is 4.93. The van der Waals surface area contributed by atoms with Gasteiger partial charge in [0.25, 0.3) is 11.8 Å². The Kier molecular flexibility index (Phi) is 7.44. The summed E-state index contributed by atoms with van der Waals surface area (Å²) in [6.07, 6.45) is 9.29. The Morgan fingerprint density at radius 3 is 2.31 bits per heavy atom. The SMILES string of the molecule is O=C(COC(=O)c1ccc(NC(=O)c2ccco2)cc1)NC1CCCCCCC1. The van der Waals surface area contributed by atoms with Crippen LogP contribution in [0.1, 0.15) is 65.9 Å². The van der Waals surface area contributed by atoms with Gasteiger partial charge in [0.1, 0.15) is 0 Å². The molecule has 0 bridgehead atoms. The van der Waals surface area contributed by atoms with Crippen molar-refractivity contribution in [3.8, 4) is 0 Å². The van der Waals surface area contributed by atoms with Gasteiger partial charge >= 0.3 is 5.97 Å². The Bertz CT molecular complexity index is 806. The molecule has 2 aromatic rings. The number of benzene rings is 1. The monoisotopic (exact) mass is 398 g/mol. The van der Waals surface area contributed by atoms with Crippen LogP contribution in [0.4, 0.5) is 5.69 Å². The molecule has 1 aromatic heterocycles. The second-order valence-electron chi connectivity index (χ2n) is 7.19. The number of amides is 2. The molecule has 154 valence electrons. The summed E-state index contributed by atoms with van der Waals surface area (Å²) in [6.45, 7) is -0.299. The first-order valence-electron chi connectivity index (χ1n) is 10.0. The molecular weight excluding hydrogens is 372 g/mol. The molecule has 0 aliphatic heterocycles. The first-order chi connectivity index (χ1) is 14.1. The lowest BCUT2D eigenvalue weighted by Crippen LogP contribution is -2.38. The summed E-state index contributed by atoms with van der Waals surface area (Å²) in [5.41, 5.74) is 0.824. The summed E-state index contributed by atoms with van der Waals surface area (Å²) in [7, 11) is 0. The summed E-state index contributed by atoms with van der Waals surface area (Å²) < 4.78 is 10.1. The Morgan fingerprint density at radius 2 is 1.66 bits per heavy atom. The molecule has 7 heteroatoms. The lowest BCUT2D eigenvalue weighted by molar-refractivity contribution is -0.125. The van der Waals surface area contributed by atoms with Crippen LogP contribution in [-0.4, -0.2) is 30.4 Å². The molecule has 1 fully saturated rings. The van der Waals surface area contributed by atoms with Gasteiger partial charge in [0.2, 0.25) is 0 Å². The molecule has 29 heavy (non-hydrogen) atoms. The fourth-order valence-corrected chi connectivity index (χ4v) is 3.37. The zero-order chi connectivity index (χ0) is 20.5. The molecule has 1 heterocycles. The van der Waals surface area contributed by atoms with Crippen molar-refractivity contribution in [2.24, 2.45) is 0 Å². The van der Waals surface area contributed by atoms with Gasteiger partial charge in [-0.1, -0.05) is 32.1 Å². The minimum atomic E-state index is -0.582. The molecule has 0 spiro atoms. The number of rotatable bonds is 6. The standard InChI is InChI=1S/C22H26N2O5/c25-20(23-17-7-4-2-1-3-5-8-17)15-29-22(27)16-10-12-18(13-11-16)24-21(26)19-9-6-14-28-19/h6,9-14,17H,1-5,7-8,15H2,(H,23,25)(H,24,26). The molecule has 1 aliphatic rings. The van der Waals surface area contributed by atoms with Gasteiger partial charge in [-0.2, -0.15) is 0 Å². The highest BCUT2D eigenvalue weighted by Gasteiger charge is 2.16. The number of carbonyl (C=O) groups excluding carboxylic acids is 3. The predicted octanol–water partition coefficient (Wildman–Crippen LogP) is 3.92. The number of carbonyl (C=O) groups is 3. The third kappa shape index (κ3) is 6.48. The average Bonchev–Trinajstić information content (AvgIpc) is 3.24. The summed E-state index contributed by atoms with van der Waals surface area (Å²) in [5.74, 6) is -1.03. The molecule has 2 N–H and O–H groups in total. The average molecular weight is 398 g/mol. The maximum atomic E-state index is 12.2. The van der Waals surface area contributed by atoms with E-state index in [4.69, 9.17) is 9.15 Å². The Hall–Kier alpha value is -3.09. The molecule has 0 unspecified atom stereocenters. The zero-order valence-corrected chi connectivity index (χ0v) is 16.3. The van der Waals surface area contributed by atoms with Gasteiger partial charge < -0.3 is 19.8 Å². The van der Waals surface area contributed by atoms with E-state index in [9.17, 15) is 14.4 Å². The van der Waals surface area contributed by atoms with Gasteiger partial charge in [-0.05, 0) is 49.2 Å². The van der Waals surface area contributed by atoms with Crippen molar-refractivity contribution in [1.29, 1.82) is 0 Å². The summed E-state index contributed by atoms with van der Waals surface area (Å²) in [4.78, 5) is 36.2. The fraction of sp³-hybridized carbons (Fsp3) is 0.409. The summed E-state index contributed by atoms with van der Waals surface area (Å²) in [5, 5.41) is 5.63. The molecular formula is C22H26N2O5. The van der Waals surface area contributed by atoms with Crippen LogP contribution in [0, 0.1) is 0 Å². The van der Waals surface area contributed by atoms with E-state index in [1.807, 2.05) is 0 Å². The highest BCUT2D eigenvalue weighted by Crippen LogP contribution is 2.17. The zero-order valence-electron chi connectivity index (χ0n) is 16.3. The summed E-state index contributed by atoms with van der Waals surface area (Å²) in [6, 6.07) is 9.60. The molecule has 1 aromatic carbocycles. The fourth-order valence-electron chi connectivity index (χ4n) is 3.37. The van der Waals surface area contributed by atoms with Gasteiger partial charge in [0.15, 0.2) is 12.4 Å². The van der Waals surface area contributed by atoms with E-state index in [-0.39, 0.29) is 30.2 Å². The van der Waals surface area contributed by atoms with Gasteiger partial charge in [-0.25, -0.2) is 4.79 Å². The number of ether oxygens (including phenoxy) is 1. The minimum absolute atomic E-state index is 0.165. The number of hydrogen-bond donors (Lipinski definition) is 2. The smallest absolute Gasteiger partial charge is 0.338 e. The molecule has 1 aliphatic carbocycles. The first kappa shape index (κ1) is 20.6. The number of anilines is 1. The number of furan rings is 1. The van der Waals surface area contributed by atoms with E-state index < -0.39 is 5.97 Å². The molecule has 7 nitrogen and oxygen atoms in total. The van der Waals surface area contributed by atoms with E-state index in [0.717, 1.165) is 25.7 Å². The lowest BCUT2D eigenvalue weighted by atomic mass is 9.97. The third-order valence-electron chi connectivity index (χ3n) is 4.93. The maximum absolute atomic E-state index is 12.2. The highest BCUT2D eigenvalue weighted by molar-refractivity contribution is 6.02. The van der Waals surface area contributed by atoms with E-state index in [1.165, 1.54) is 37.7 Å². The normalized spacial score (nSPS) is 15.0. The first-order valence-corrected chi connectivity index (χ1v) is 10.0. The minimum Gasteiger partial charge on any atom is -0.459 e. The Balaban J connectivity index is 1.44. The van der Waals surface area contributed by atoms with Gasteiger partial charge in [-0.3, -0.25) is 9.59 Å². The van der Waals surface area contributed by atoms with E-state index in [1.54, 1.807) is 24.3 Å². The number of esters is 1. The van der Waals surface area contributed by atoms with E-state index >= 15 is 0 Å². The van der Waals surface area contributed by atoms with Crippen LogP contribution in [0.2, 0.25) is 0 Å². The molecule has 3 rings (SSSR count). The van der Waals surface area contributed by atoms with Crippen molar-refractivity contribution in [2.45, 2.75) is 51.0 Å². The Morgan fingerprint density at radius 1 is 0.966 bits per heavy atom. The van der Waals surface area contributed by atoms with E-state index in [2.05, 4.69) is 10.6 Å². The molecule has 0 radical (unpaired) electrons. The van der Waals surface area contributed by atoms with Crippen LogP contribution in [0.3, 0.4) is 0 Å². The lowest BCUT2D eigenvalue weighted by Gasteiger charge is -2.20. The van der Waals surface area contributed by atoms with Crippen LogP contribution in [-0.2, 0) is 9.53 Å². The van der Waals surface area contributed by atoms with E-state index in [0.29, 0.717) is 11.3 Å².